The van der Waals surface area contributed by atoms with E-state index in [1.807, 2.05) is 71.6 Å². The third kappa shape index (κ3) is 2.67. The van der Waals surface area contributed by atoms with Crippen molar-refractivity contribution in [3.63, 3.8) is 0 Å². The fourth-order valence-electron chi connectivity index (χ4n) is 2.84. The molecule has 24 heavy (non-hydrogen) atoms. The first kappa shape index (κ1) is 14.3. The minimum atomic E-state index is -0.160. The Balaban J connectivity index is 1.45. The molecule has 0 bridgehead atoms. The third-order valence-corrected chi connectivity index (χ3v) is 4.01. The lowest BCUT2D eigenvalue weighted by Crippen LogP contribution is -2.22. The molecule has 0 saturated heterocycles. The van der Waals surface area contributed by atoms with Crippen LogP contribution in [0.2, 0.25) is 0 Å². The summed E-state index contributed by atoms with van der Waals surface area (Å²) in [4.78, 5) is 15.3. The number of para-hydroxylation sites is 2. The molecule has 0 spiro atoms. The predicted molar refractivity (Wildman–Crippen MR) is 96.0 cm³/mol. The maximum atomic E-state index is 12.1. The number of H-pyrrole nitrogens is 1. The van der Waals surface area contributed by atoms with E-state index in [1.54, 1.807) is 6.21 Å². The standard InChI is InChI=1S/C19H16N4O/c24-19(13-23-10-9-14-5-1-4-8-18(14)23)22-21-12-15-11-20-17-7-3-2-6-16(15)17/h1-12,20H,13H2,(H,22,24)/b21-12+. The number of amides is 1. The number of hydrogen-bond donors (Lipinski definition) is 2. The molecule has 2 aromatic heterocycles. The predicted octanol–water partition coefficient (Wildman–Crippen LogP) is 3.27. The van der Waals surface area contributed by atoms with E-state index in [2.05, 4.69) is 15.5 Å². The van der Waals surface area contributed by atoms with Gasteiger partial charge in [0.15, 0.2) is 0 Å². The number of hydrogen-bond acceptors (Lipinski definition) is 2. The number of hydrazone groups is 1. The van der Waals surface area contributed by atoms with Gasteiger partial charge in [0.05, 0.1) is 6.21 Å². The fourth-order valence-corrected chi connectivity index (χ4v) is 2.84. The molecule has 0 atom stereocenters. The molecule has 0 saturated carbocycles. The van der Waals surface area contributed by atoms with E-state index in [9.17, 15) is 4.79 Å². The second-order valence-electron chi connectivity index (χ2n) is 5.59. The number of carbonyl (C=O) groups excluding carboxylic acids is 1. The third-order valence-electron chi connectivity index (χ3n) is 4.01. The van der Waals surface area contributed by atoms with Crippen LogP contribution in [0.15, 0.2) is 72.1 Å². The molecule has 0 aliphatic rings. The van der Waals surface area contributed by atoms with Gasteiger partial charge in [-0.2, -0.15) is 5.10 Å². The van der Waals surface area contributed by atoms with Gasteiger partial charge in [-0.15, -0.1) is 0 Å². The van der Waals surface area contributed by atoms with Gasteiger partial charge in [-0.05, 0) is 23.6 Å². The minimum Gasteiger partial charge on any atom is -0.361 e. The number of rotatable bonds is 4. The smallest absolute Gasteiger partial charge is 0.259 e. The van der Waals surface area contributed by atoms with Gasteiger partial charge in [-0.25, -0.2) is 5.43 Å². The van der Waals surface area contributed by atoms with Gasteiger partial charge in [0.1, 0.15) is 6.54 Å². The second-order valence-corrected chi connectivity index (χ2v) is 5.59. The highest BCUT2D eigenvalue weighted by atomic mass is 16.2. The lowest BCUT2D eigenvalue weighted by Gasteiger charge is -2.03. The molecule has 2 aromatic carbocycles. The second kappa shape index (κ2) is 6.04. The Morgan fingerprint density at radius 3 is 2.92 bits per heavy atom. The van der Waals surface area contributed by atoms with Crippen LogP contribution in [-0.2, 0) is 11.3 Å². The maximum absolute atomic E-state index is 12.1. The largest absolute Gasteiger partial charge is 0.361 e. The average molecular weight is 316 g/mol. The molecule has 0 aliphatic heterocycles. The van der Waals surface area contributed by atoms with Gasteiger partial charge < -0.3 is 9.55 Å². The normalized spacial score (nSPS) is 11.5. The summed E-state index contributed by atoms with van der Waals surface area (Å²) >= 11 is 0. The van der Waals surface area contributed by atoms with Crippen molar-refractivity contribution in [3.05, 3.63) is 72.6 Å². The van der Waals surface area contributed by atoms with Crippen molar-refractivity contribution < 1.29 is 4.79 Å². The molecule has 0 aliphatic carbocycles. The van der Waals surface area contributed by atoms with Crippen LogP contribution in [0.5, 0.6) is 0 Å². The van der Waals surface area contributed by atoms with E-state index < -0.39 is 0 Å². The van der Waals surface area contributed by atoms with Crippen LogP contribution in [0.3, 0.4) is 0 Å². The molecule has 0 radical (unpaired) electrons. The zero-order valence-electron chi connectivity index (χ0n) is 12.9. The van der Waals surface area contributed by atoms with Crippen molar-refractivity contribution in [3.8, 4) is 0 Å². The number of aromatic nitrogens is 2. The van der Waals surface area contributed by atoms with Crippen molar-refractivity contribution in [1.82, 2.24) is 15.0 Å². The van der Waals surface area contributed by atoms with E-state index >= 15 is 0 Å². The van der Waals surface area contributed by atoms with Crippen LogP contribution in [0.25, 0.3) is 21.8 Å². The van der Waals surface area contributed by atoms with Crippen LogP contribution in [-0.4, -0.2) is 21.7 Å². The molecule has 4 rings (SSSR count). The molecule has 0 unspecified atom stereocenters. The first-order valence-corrected chi connectivity index (χ1v) is 7.73. The lowest BCUT2D eigenvalue weighted by molar-refractivity contribution is -0.121. The Morgan fingerprint density at radius 1 is 1.12 bits per heavy atom. The van der Waals surface area contributed by atoms with Crippen LogP contribution in [0, 0.1) is 0 Å². The molecule has 1 amide bonds. The highest BCUT2D eigenvalue weighted by Gasteiger charge is 2.05. The molecule has 5 heteroatoms. The minimum absolute atomic E-state index is 0.160. The van der Waals surface area contributed by atoms with Crippen LogP contribution < -0.4 is 5.43 Å². The Hall–Kier alpha value is -3.34. The molecule has 118 valence electrons. The number of fused-ring (bicyclic) bond motifs is 2. The highest BCUT2D eigenvalue weighted by Crippen LogP contribution is 2.16. The van der Waals surface area contributed by atoms with E-state index in [4.69, 9.17) is 0 Å². The van der Waals surface area contributed by atoms with Crippen molar-refractivity contribution in [1.29, 1.82) is 0 Å². The average Bonchev–Trinajstić information content (AvgIpc) is 3.20. The van der Waals surface area contributed by atoms with Gasteiger partial charge >= 0.3 is 0 Å². The number of nitrogens with one attached hydrogen (secondary N) is 2. The number of carbonyl (C=O) groups is 1. The van der Waals surface area contributed by atoms with E-state index in [1.165, 1.54) is 0 Å². The molecule has 4 aromatic rings. The fraction of sp³-hybridized carbons (Fsp3) is 0.0526. The van der Waals surface area contributed by atoms with Gasteiger partial charge in [0, 0.05) is 34.4 Å². The van der Waals surface area contributed by atoms with Crippen molar-refractivity contribution in [2.75, 3.05) is 0 Å². The first-order valence-electron chi connectivity index (χ1n) is 7.73. The molecule has 2 heterocycles. The number of benzene rings is 2. The van der Waals surface area contributed by atoms with Crippen molar-refractivity contribution in [2.45, 2.75) is 6.54 Å². The highest BCUT2D eigenvalue weighted by molar-refractivity contribution is 5.99. The first-order chi connectivity index (χ1) is 11.8. The van der Waals surface area contributed by atoms with Gasteiger partial charge in [0.25, 0.3) is 5.91 Å². The lowest BCUT2D eigenvalue weighted by atomic mass is 10.2. The van der Waals surface area contributed by atoms with E-state index in [0.717, 1.165) is 27.4 Å². The summed E-state index contributed by atoms with van der Waals surface area (Å²) in [5.74, 6) is -0.160. The Labute approximate surface area is 138 Å². The molecular formula is C19H16N4O. The summed E-state index contributed by atoms with van der Waals surface area (Å²) in [7, 11) is 0. The SMILES string of the molecule is O=C(Cn1ccc2ccccc21)N/N=C/c1c[nH]c2ccccc12. The van der Waals surface area contributed by atoms with Crippen molar-refractivity contribution >= 4 is 33.9 Å². The quantitative estimate of drug-likeness (QED) is 0.440. The summed E-state index contributed by atoms with van der Waals surface area (Å²) < 4.78 is 1.91. The van der Waals surface area contributed by atoms with Gasteiger partial charge in [0.2, 0.25) is 0 Å². The summed E-state index contributed by atoms with van der Waals surface area (Å²) in [6, 6.07) is 17.9. The molecule has 5 nitrogen and oxygen atoms in total. The monoisotopic (exact) mass is 316 g/mol. The van der Waals surface area contributed by atoms with Gasteiger partial charge in [-0.3, -0.25) is 4.79 Å². The Kier molecular flexibility index (Phi) is 3.59. The zero-order chi connectivity index (χ0) is 16.4. The molecular weight excluding hydrogens is 300 g/mol. The summed E-state index contributed by atoms with van der Waals surface area (Å²) in [6.07, 6.45) is 5.44. The maximum Gasteiger partial charge on any atom is 0.259 e. The Morgan fingerprint density at radius 2 is 1.96 bits per heavy atom. The summed E-state index contributed by atoms with van der Waals surface area (Å²) in [5, 5.41) is 6.26. The molecule has 0 fully saturated rings. The molecule has 2 N–H and O–H groups in total. The number of nitrogens with zero attached hydrogens (tertiary/aromatic N) is 2. The number of aromatic amines is 1. The topological polar surface area (TPSA) is 62.2 Å². The van der Waals surface area contributed by atoms with Gasteiger partial charge in [-0.1, -0.05) is 36.4 Å². The van der Waals surface area contributed by atoms with Crippen LogP contribution in [0.1, 0.15) is 5.56 Å². The van der Waals surface area contributed by atoms with Crippen molar-refractivity contribution in [2.24, 2.45) is 5.10 Å². The van der Waals surface area contributed by atoms with Crippen LogP contribution in [0.4, 0.5) is 0 Å². The van der Waals surface area contributed by atoms with Crippen LogP contribution >= 0.6 is 0 Å². The van der Waals surface area contributed by atoms with E-state index in [-0.39, 0.29) is 12.5 Å². The Bertz CT molecular complexity index is 1040. The van der Waals surface area contributed by atoms with E-state index in [0.29, 0.717) is 0 Å². The zero-order valence-corrected chi connectivity index (χ0v) is 12.9. The summed E-state index contributed by atoms with van der Waals surface area (Å²) in [6.45, 7) is 0.235. The summed E-state index contributed by atoms with van der Waals surface area (Å²) in [5.41, 5.74) is 5.61.